The largest absolute Gasteiger partial charge is 0.490 e. The van der Waals surface area contributed by atoms with Crippen LogP contribution in [0.3, 0.4) is 0 Å². The molecule has 1 aliphatic carbocycles. The Morgan fingerprint density at radius 1 is 1.19 bits per heavy atom. The second-order valence-electron chi connectivity index (χ2n) is 8.53. The minimum absolute atomic E-state index is 0.140. The molecule has 0 aromatic heterocycles. The Bertz CT molecular complexity index is 824. The Kier molecular flexibility index (Phi) is 7.53. The van der Waals surface area contributed by atoms with Gasteiger partial charge in [0.25, 0.3) is 0 Å². The van der Waals surface area contributed by atoms with Gasteiger partial charge in [0.15, 0.2) is 6.10 Å². The van der Waals surface area contributed by atoms with Gasteiger partial charge in [0.1, 0.15) is 5.75 Å². The van der Waals surface area contributed by atoms with Gasteiger partial charge in [-0.05, 0) is 44.7 Å². The molecule has 0 spiro atoms. The predicted octanol–water partition coefficient (Wildman–Crippen LogP) is 3.83. The van der Waals surface area contributed by atoms with Crippen LogP contribution in [0, 0.1) is 12.8 Å². The van der Waals surface area contributed by atoms with Gasteiger partial charge in [0.2, 0.25) is 0 Å². The van der Waals surface area contributed by atoms with Gasteiger partial charge in [-0.25, -0.2) is 4.79 Å². The summed E-state index contributed by atoms with van der Waals surface area (Å²) in [5.74, 6) is -0.440. The fourth-order valence-electron chi connectivity index (χ4n) is 3.98. The number of nitrogens with zero attached hydrogens (tertiary/aromatic N) is 2. The topological polar surface area (TPSA) is 79.3 Å². The third-order valence-corrected chi connectivity index (χ3v) is 6.01. The maximum absolute atomic E-state index is 12.6. The van der Waals surface area contributed by atoms with Crippen molar-refractivity contribution in [1.82, 2.24) is 9.80 Å². The van der Waals surface area contributed by atoms with Crippen molar-refractivity contribution >= 4 is 12.1 Å². The zero-order chi connectivity index (χ0) is 23.5. The number of carbonyl (C=O) groups is 2. The molecular weight excluding hydrogens is 429 g/mol. The van der Waals surface area contributed by atoms with Crippen molar-refractivity contribution in [3.05, 3.63) is 29.3 Å². The van der Waals surface area contributed by atoms with Crippen molar-refractivity contribution < 1.29 is 37.3 Å². The molecule has 1 amide bonds. The minimum atomic E-state index is -4.58. The number of carbonyl (C=O) groups excluding carboxylic acids is 1. The molecule has 1 heterocycles. The second kappa shape index (κ2) is 9.97. The van der Waals surface area contributed by atoms with Crippen LogP contribution in [0.2, 0.25) is 0 Å². The zero-order valence-electron chi connectivity index (χ0n) is 18.2. The van der Waals surface area contributed by atoms with Gasteiger partial charge in [-0.1, -0.05) is 12.1 Å². The minimum Gasteiger partial charge on any atom is -0.490 e. The number of rotatable bonds is 6. The van der Waals surface area contributed by atoms with Crippen LogP contribution in [0.4, 0.5) is 18.0 Å². The molecule has 1 saturated heterocycles. The number of ether oxygens (including phenoxy) is 2. The molecule has 1 aromatic carbocycles. The molecular formula is C22H29F3N2O5. The van der Waals surface area contributed by atoms with Crippen LogP contribution in [-0.4, -0.2) is 71.5 Å². The number of carboxylic acid groups (broad SMARTS) is 1. The standard InChI is InChI=1S/C22H29F3N2O5/c1-14-3-4-17(19(11-14)32-18-6-5-16(12-18)20(28)29)13-26-7-9-27(10-8-26)21(30)31-15(2)22(23,24)25/h3-4,11,15-16,18H,5-10,12-13H2,1-2H3,(H,28,29)/t15?,16-,18-/m1/s1. The number of aryl methyl sites for hydroxylation is 1. The summed E-state index contributed by atoms with van der Waals surface area (Å²) in [6.45, 7) is 4.86. The van der Waals surface area contributed by atoms with Crippen molar-refractivity contribution in [3.63, 3.8) is 0 Å². The van der Waals surface area contributed by atoms with E-state index in [-0.39, 0.29) is 25.1 Å². The SMILES string of the molecule is Cc1ccc(CN2CCN(C(=O)OC(C)C(F)(F)F)CC2)c(O[C@@H]2CC[C@@H](C(=O)O)C2)c1. The summed E-state index contributed by atoms with van der Waals surface area (Å²) in [5, 5.41) is 9.21. The van der Waals surface area contributed by atoms with Crippen molar-refractivity contribution in [3.8, 4) is 5.75 Å². The molecule has 1 aliphatic heterocycles. The summed E-state index contributed by atoms with van der Waals surface area (Å²) < 4.78 is 48.5. The van der Waals surface area contributed by atoms with E-state index in [0.29, 0.717) is 38.9 Å². The number of alkyl halides is 3. The summed E-state index contributed by atoms with van der Waals surface area (Å²) >= 11 is 0. The maximum Gasteiger partial charge on any atom is 0.425 e. The van der Waals surface area contributed by atoms with Crippen molar-refractivity contribution in [2.45, 2.75) is 58.0 Å². The van der Waals surface area contributed by atoms with E-state index in [4.69, 9.17) is 4.74 Å². The highest BCUT2D eigenvalue weighted by atomic mass is 19.4. The zero-order valence-corrected chi connectivity index (χ0v) is 18.2. The summed E-state index contributed by atoms with van der Waals surface area (Å²) in [7, 11) is 0. The number of benzene rings is 1. The van der Waals surface area contributed by atoms with Gasteiger partial charge >= 0.3 is 18.2 Å². The normalized spacial score (nSPS) is 23.1. The van der Waals surface area contributed by atoms with E-state index in [1.807, 2.05) is 25.1 Å². The van der Waals surface area contributed by atoms with Gasteiger partial charge in [-0.15, -0.1) is 0 Å². The number of halogens is 3. The molecule has 178 valence electrons. The lowest BCUT2D eigenvalue weighted by Gasteiger charge is -2.35. The van der Waals surface area contributed by atoms with Crippen molar-refractivity contribution in [2.75, 3.05) is 26.2 Å². The number of aliphatic carboxylic acids is 1. The molecule has 3 atom stereocenters. The average Bonchev–Trinajstić information content (AvgIpc) is 3.18. The molecule has 10 heteroatoms. The highest BCUT2D eigenvalue weighted by Gasteiger charge is 2.40. The van der Waals surface area contributed by atoms with E-state index < -0.39 is 24.3 Å². The highest BCUT2D eigenvalue weighted by molar-refractivity contribution is 5.70. The van der Waals surface area contributed by atoms with Crippen LogP contribution in [0.5, 0.6) is 5.75 Å². The Morgan fingerprint density at radius 3 is 2.47 bits per heavy atom. The van der Waals surface area contributed by atoms with Crippen LogP contribution in [0.1, 0.15) is 37.3 Å². The fourth-order valence-corrected chi connectivity index (χ4v) is 3.98. The molecule has 1 unspecified atom stereocenters. The van der Waals surface area contributed by atoms with E-state index in [1.54, 1.807) is 0 Å². The predicted molar refractivity (Wildman–Crippen MR) is 109 cm³/mol. The molecule has 0 radical (unpaired) electrons. The van der Waals surface area contributed by atoms with Gasteiger partial charge in [0, 0.05) is 38.3 Å². The molecule has 2 fully saturated rings. The molecule has 0 bridgehead atoms. The summed E-state index contributed by atoms with van der Waals surface area (Å²) in [6, 6.07) is 5.89. The van der Waals surface area contributed by atoms with Crippen LogP contribution in [0.15, 0.2) is 18.2 Å². The van der Waals surface area contributed by atoms with E-state index in [1.165, 1.54) is 4.90 Å². The number of piperazine rings is 1. The van der Waals surface area contributed by atoms with E-state index in [9.17, 15) is 27.9 Å². The van der Waals surface area contributed by atoms with E-state index >= 15 is 0 Å². The first-order valence-electron chi connectivity index (χ1n) is 10.8. The quantitative estimate of drug-likeness (QED) is 0.698. The van der Waals surface area contributed by atoms with Crippen LogP contribution in [-0.2, 0) is 16.1 Å². The number of hydrogen-bond donors (Lipinski definition) is 1. The number of hydrogen-bond acceptors (Lipinski definition) is 5. The summed E-state index contributed by atoms with van der Waals surface area (Å²) in [5.41, 5.74) is 1.99. The molecule has 3 rings (SSSR count). The van der Waals surface area contributed by atoms with Gasteiger partial charge in [-0.2, -0.15) is 13.2 Å². The Morgan fingerprint density at radius 2 is 1.88 bits per heavy atom. The second-order valence-corrected chi connectivity index (χ2v) is 8.53. The Balaban J connectivity index is 1.55. The lowest BCUT2D eigenvalue weighted by molar-refractivity contribution is -0.200. The highest BCUT2D eigenvalue weighted by Crippen LogP contribution is 2.32. The summed E-state index contributed by atoms with van der Waals surface area (Å²) in [6.07, 6.45) is -6.03. The molecule has 2 aliphatic rings. The summed E-state index contributed by atoms with van der Waals surface area (Å²) in [4.78, 5) is 26.6. The molecule has 7 nitrogen and oxygen atoms in total. The van der Waals surface area contributed by atoms with Crippen LogP contribution < -0.4 is 4.74 Å². The van der Waals surface area contributed by atoms with Gasteiger partial charge in [-0.3, -0.25) is 9.69 Å². The third kappa shape index (κ3) is 6.27. The van der Waals surface area contributed by atoms with Crippen molar-refractivity contribution in [2.24, 2.45) is 5.92 Å². The Labute approximate surface area is 185 Å². The van der Waals surface area contributed by atoms with Gasteiger partial charge in [0.05, 0.1) is 12.0 Å². The van der Waals surface area contributed by atoms with Crippen LogP contribution in [0.25, 0.3) is 0 Å². The average molecular weight is 458 g/mol. The number of carboxylic acids is 1. The Hall–Kier alpha value is -2.49. The molecule has 32 heavy (non-hydrogen) atoms. The van der Waals surface area contributed by atoms with Crippen LogP contribution >= 0.6 is 0 Å². The molecule has 1 saturated carbocycles. The first-order chi connectivity index (χ1) is 15.0. The van der Waals surface area contributed by atoms with E-state index in [0.717, 1.165) is 23.8 Å². The van der Waals surface area contributed by atoms with Gasteiger partial charge < -0.3 is 19.5 Å². The first kappa shape index (κ1) is 24.2. The van der Waals surface area contributed by atoms with E-state index in [2.05, 4.69) is 9.64 Å². The third-order valence-electron chi connectivity index (χ3n) is 6.01. The number of amides is 1. The maximum atomic E-state index is 12.6. The smallest absolute Gasteiger partial charge is 0.425 e. The monoisotopic (exact) mass is 458 g/mol. The molecule has 1 aromatic rings. The first-order valence-corrected chi connectivity index (χ1v) is 10.8. The fraction of sp³-hybridized carbons (Fsp3) is 0.636. The lowest BCUT2D eigenvalue weighted by atomic mass is 10.1. The molecule has 1 N–H and O–H groups in total. The lowest BCUT2D eigenvalue weighted by Crippen LogP contribution is -2.49. The van der Waals surface area contributed by atoms with Crippen molar-refractivity contribution in [1.29, 1.82) is 0 Å².